The third kappa shape index (κ3) is 4.93. The number of benzene rings is 1. The predicted molar refractivity (Wildman–Crippen MR) is 107 cm³/mol. The molecule has 30 heavy (non-hydrogen) atoms. The van der Waals surface area contributed by atoms with Gasteiger partial charge < -0.3 is 19.2 Å². The first kappa shape index (κ1) is 19.8. The number of hydrogen-bond acceptors (Lipinski definition) is 7. The van der Waals surface area contributed by atoms with Crippen LogP contribution in [0.5, 0.6) is 0 Å². The van der Waals surface area contributed by atoms with E-state index in [1.165, 1.54) is 6.26 Å². The standard InChI is InChI=1S/C21H23N5O4/c27-19(8-9-22-21(28)17-7-4-14-29-17)26-12-10-25(11-13-26)15-18-23-20(24-30-18)16-5-2-1-3-6-16/h1-7,14H,8-13,15H2,(H,22,28). The van der Waals surface area contributed by atoms with Crippen LogP contribution in [0.15, 0.2) is 57.7 Å². The van der Waals surface area contributed by atoms with Crippen LogP contribution in [-0.4, -0.2) is 64.5 Å². The number of furan rings is 1. The Morgan fingerprint density at radius 3 is 2.57 bits per heavy atom. The summed E-state index contributed by atoms with van der Waals surface area (Å²) in [7, 11) is 0. The molecule has 1 aliphatic heterocycles. The number of rotatable bonds is 7. The molecule has 0 aliphatic carbocycles. The van der Waals surface area contributed by atoms with Crippen LogP contribution in [0.4, 0.5) is 0 Å². The molecular weight excluding hydrogens is 386 g/mol. The lowest BCUT2D eigenvalue weighted by molar-refractivity contribution is -0.132. The maximum absolute atomic E-state index is 12.4. The molecule has 2 amide bonds. The molecule has 3 aromatic rings. The monoisotopic (exact) mass is 409 g/mol. The van der Waals surface area contributed by atoms with Crippen molar-refractivity contribution in [1.29, 1.82) is 0 Å². The van der Waals surface area contributed by atoms with Crippen molar-refractivity contribution in [2.24, 2.45) is 0 Å². The Kier molecular flexibility index (Phi) is 6.19. The molecule has 0 unspecified atom stereocenters. The van der Waals surface area contributed by atoms with E-state index >= 15 is 0 Å². The van der Waals surface area contributed by atoms with Crippen molar-refractivity contribution in [3.8, 4) is 11.4 Å². The molecule has 1 saturated heterocycles. The highest BCUT2D eigenvalue weighted by molar-refractivity contribution is 5.91. The molecule has 156 valence electrons. The maximum atomic E-state index is 12.4. The zero-order valence-electron chi connectivity index (χ0n) is 16.5. The van der Waals surface area contributed by atoms with Gasteiger partial charge in [-0.05, 0) is 12.1 Å². The van der Waals surface area contributed by atoms with Crippen molar-refractivity contribution in [3.05, 3.63) is 60.4 Å². The van der Waals surface area contributed by atoms with Gasteiger partial charge in [0.25, 0.3) is 5.91 Å². The summed E-state index contributed by atoms with van der Waals surface area (Å²) in [6.07, 6.45) is 1.70. The largest absolute Gasteiger partial charge is 0.459 e. The zero-order valence-corrected chi connectivity index (χ0v) is 16.5. The Balaban J connectivity index is 1.19. The highest BCUT2D eigenvalue weighted by Crippen LogP contribution is 2.16. The Hall–Kier alpha value is -3.46. The van der Waals surface area contributed by atoms with E-state index in [1.54, 1.807) is 12.1 Å². The van der Waals surface area contributed by atoms with Gasteiger partial charge in [-0.1, -0.05) is 35.5 Å². The molecule has 2 aromatic heterocycles. The van der Waals surface area contributed by atoms with Crippen LogP contribution in [0, 0.1) is 0 Å². The summed E-state index contributed by atoms with van der Waals surface area (Å²) in [5, 5.41) is 6.74. The molecule has 3 heterocycles. The second-order valence-corrected chi connectivity index (χ2v) is 7.02. The number of piperazine rings is 1. The molecule has 0 atom stereocenters. The smallest absolute Gasteiger partial charge is 0.286 e. The van der Waals surface area contributed by atoms with Crippen LogP contribution in [0.3, 0.4) is 0 Å². The molecule has 1 N–H and O–H groups in total. The van der Waals surface area contributed by atoms with E-state index in [0.717, 1.165) is 18.7 Å². The summed E-state index contributed by atoms with van der Waals surface area (Å²) in [6.45, 7) is 3.56. The molecular formula is C21H23N5O4. The molecule has 0 spiro atoms. The third-order valence-electron chi connectivity index (χ3n) is 4.95. The summed E-state index contributed by atoms with van der Waals surface area (Å²) in [6, 6.07) is 12.9. The average molecular weight is 409 g/mol. The van der Waals surface area contributed by atoms with E-state index in [0.29, 0.717) is 31.3 Å². The summed E-state index contributed by atoms with van der Waals surface area (Å²) in [5.74, 6) is 1.10. The molecule has 0 saturated carbocycles. The Morgan fingerprint density at radius 2 is 1.83 bits per heavy atom. The molecule has 1 aliphatic rings. The first-order chi connectivity index (χ1) is 14.7. The van der Waals surface area contributed by atoms with E-state index in [2.05, 4.69) is 20.4 Å². The fourth-order valence-corrected chi connectivity index (χ4v) is 3.31. The lowest BCUT2D eigenvalue weighted by Gasteiger charge is -2.34. The lowest BCUT2D eigenvalue weighted by atomic mass is 10.2. The molecule has 9 heteroatoms. The normalized spacial score (nSPS) is 14.6. The van der Waals surface area contributed by atoms with Crippen LogP contribution in [0.25, 0.3) is 11.4 Å². The van der Waals surface area contributed by atoms with Gasteiger partial charge in [0.05, 0.1) is 12.8 Å². The van der Waals surface area contributed by atoms with Gasteiger partial charge in [0.1, 0.15) is 0 Å². The van der Waals surface area contributed by atoms with Crippen molar-refractivity contribution in [2.75, 3.05) is 32.7 Å². The minimum absolute atomic E-state index is 0.0264. The minimum atomic E-state index is -0.313. The molecule has 1 fully saturated rings. The van der Waals surface area contributed by atoms with E-state index < -0.39 is 0 Å². The van der Waals surface area contributed by atoms with Gasteiger partial charge in [-0.25, -0.2) is 0 Å². The highest BCUT2D eigenvalue weighted by Gasteiger charge is 2.22. The van der Waals surface area contributed by atoms with Gasteiger partial charge >= 0.3 is 0 Å². The fraction of sp³-hybridized carbons (Fsp3) is 0.333. The maximum Gasteiger partial charge on any atom is 0.286 e. The summed E-state index contributed by atoms with van der Waals surface area (Å²) in [4.78, 5) is 32.7. The van der Waals surface area contributed by atoms with E-state index in [4.69, 9.17) is 8.94 Å². The summed E-state index contributed by atoms with van der Waals surface area (Å²) < 4.78 is 10.4. The van der Waals surface area contributed by atoms with Gasteiger partial charge in [0.2, 0.25) is 17.6 Å². The molecule has 0 radical (unpaired) electrons. The quantitative estimate of drug-likeness (QED) is 0.634. The van der Waals surface area contributed by atoms with Gasteiger partial charge in [0.15, 0.2) is 5.76 Å². The van der Waals surface area contributed by atoms with Gasteiger partial charge in [-0.3, -0.25) is 14.5 Å². The van der Waals surface area contributed by atoms with Crippen molar-refractivity contribution in [3.63, 3.8) is 0 Å². The summed E-state index contributed by atoms with van der Waals surface area (Å²) in [5.41, 5.74) is 0.919. The number of carbonyl (C=O) groups excluding carboxylic acids is 2. The van der Waals surface area contributed by atoms with E-state index in [9.17, 15) is 9.59 Å². The van der Waals surface area contributed by atoms with Crippen molar-refractivity contribution in [1.82, 2.24) is 25.3 Å². The average Bonchev–Trinajstić information content (AvgIpc) is 3.47. The van der Waals surface area contributed by atoms with Crippen molar-refractivity contribution in [2.45, 2.75) is 13.0 Å². The van der Waals surface area contributed by atoms with Crippen molar-refractivity contribution < 1.29 is 18.5 Å². The lowest BCUT2D eigenvalue weighted by Crippen LogP contribution is -2.48. The second-order valence-electron chi connectivity index (χ2n) is 7.02. The predicted octanol–water partition coefficient (Wildman–Crippen LogP) is 1.79. The second kappa shape index (κ2) is 9.36. The van der Waals surface area contributed by atoms with Crippen LogP contribution in [-0.2, 0) is 11.3 Å². The first-order valence-electron chi connectivity index (χ1n) is 9.89. The van der Waals surface area contributed by atoms with Gasteiger partial charge in [-0.15, -0.1) is 0 Å². The first-order valence-corrected chi connectivity index (χ1v) is 9.89. The number of aromatic nitrogens is 2. The van der Waals surface area contributed by atoms with Crippen molar-refractivity contribution >= 4 is 11.8 Å². The zero-order chi connectivity index (χ0) is 20.8. The Morgan fingerprint density at radius 1 is 1.03 bits per heavy atom. The Labute approximate surface area is 173 Å². The van der Waals surface area contributed by atoms with Crippen LogP contribution < -0.4 is 5.32 Å². The molecule has 0 bridgehead atoms. The number of hydrogen-bond donors (Lipinski definition) is 1. The topological polar surface area (TPSA) is 105 Å². The van der Waals surface area contributed by atoms with E-state index in [1.807, 2.05) is 35.2 Å². The fourth-order valence-electron chi connectivity index (χ4n) is 3.31. The van der Waals surface area contributed by atoms with Gasteiger partial charge in [0, 0.05) is 44.7 Å². The Bertz CT molecular complexity index is 962. The molecule has 1 aromatic carbocycles. The van der Waals surface area contributed by atoms with Crippen LogP contribution in [0.1, 0.15) is 22.9 Å². The molecule has 9 nitrogen and oxygen atoms in total. The van der Waals surface area contributed by atoms with Crippen LogP contribution >= 0.6 is 0 Å². The summed E-state index contributed by atoms with van der Waals surface area (Å²) >= 11 is 0. The number of nitrogens with one attached hydrogen (secondary N) is 1. The molecule has 4 rings (SSSR count). The number of nitrogens with zero attached hydrogens (tertiary/aromatic N) is 4. The SMILES string of the molecule is O=C(NCCC(=O)N1CCN(Cc2nc(-c3ccccc3)no2)CC1)c1ccco1. The third-order valence-corrected chi connectivity index (χ3v) is 4.95. The number of carbonyl (C=O) groups is 2. The van der Waals surface area contributed by atoms with E-state index in [-0.39, 0.29) is 30.5 Å². The van der Waals surface area contributed by atoms with Crippen LogP contribution in [0.2, 0.25) is 0 Å². The highest BCUT2D eigenvalue weighted by atomic mass is 16.5. The minimum Gasteiger partial charge on any atom is -0.459 e. The number of amides is 2. The van der Waals surface area contributed by atoms with Gasteiger partial charge in [-0.2, -0.15) is 4.98 Å².